The van der Waals surface area contributed by atoms with Gasteiger partial charge in [-0.1, -0.05) is 6.07 Å². The van der Waals surface area contributed by atoms with Crippen molar-refractivity contribution < 1.29 is 13.2 Å². The summed E-state index contributed by atoms with van der Waals surface area (Å²) in [6.45, 7) is 9.38. The van der Waals surface area contributed by atoms with Crippen molar-refractivity contribution in [3.8, 4) is 0 Å². The molecule has 6 heteroatoms. The van der Waals surface area contributed by atoms with Crippen molar-refractivity contribution in [2.24, 2.45) is 0 Å². The van der Waals surface area contributed by atoms with Crippen molar-refractivity contribution in [1.29, 1.82) is 0 Å². The van der Waals surface area contributed by atoms with Gasteiger partial charge in [0.2, 0.25) is 10.0 Å². The molecule has 0 aromatic heterocycles. The van der Waals surface area contributed by atoms with Gasteiger partial charge in [0.25, 0.3) is 0 Å². The Balaban J connectivity index is 2.30. The summed E-state index contributed by atoms with van der Waals surface area (Å²) in [5, 5.41) is 3.40. The molecule has 1 unspecified atom stereocenters. The number of hydrogen-bond donors (Lipinski definition) is 2. The first-order valence-corrected chi connectivity index (χ1v) is 9.52. The third kappa shape index (κ3) is 3.76. The normalized spacial score (nSPS) is 21.8. The van der Waals surface area contributed by atoms with Crippen LogP contribution in [0.15, 0.2) is 11.0 Å². The highest BCUT2D eigenvalue weighted by atomic mass is 32.2. The van der Waals surface area contributed by atoms with E-state index in [9.17, 15) is 8.42 Å². The van der Waals surface area contributed by atoms with Crippen LogP contribution in [0, 0.1) is 27.7 Å². The van der Waals surface area contributed by atoms with E-state index in [1.54, 1.807) is 7.11 Å². The first-order chi connectivity index (χ1) is 10.7. The predicted octanol–water partition coefficient (Wildman–Crippen LogP) is 1.97. The van der Waals surface area contributed by atoms with E-state index < -0.39 is 10.0 Å². The zero-order valence-electron chi connectivity index (χ0n) is 14.7. The molecule has 5 nitrogen and oxygen atoms in total. The molecule has 0 aliphatic carbocycles. The third-order valence-electron chi connectivity index (χ3n) is 4.92. The number of benzene rings is 1. The molecule has 1 atom stereocenters. The number of sulfonamides is 1. The summed E-state index contributed by atoms with van der Waals surface area (Å²) in [5.41, 5.74) is 3.34. The van der Waals surface area contributed by atoms with Gasteiger partial charge in [-0.2, -0.15) is 0 Å². The lowest BCUT2D eigenvalue weighted by atomic mass is 9.99. The Kier molecular flexibility index (Phi) is 5.51. The standard InChI is InChI=1S/C17H28N2O3S/c1-12-9-13(2)15(4)16(14(12)3)23(20,21)19-10-17(11-22-5)7-6-8-18-17/h9,18-19H,6-8,10-11H2,1-5H3. The molecule has 1 fully saturated rings. The van der Waals surface area contributed by atoms with E-state index in [1.165, 1.54) is 0 Å². The maximum atomic E-state index is 12.9. The Hall–Kier alpha value is -0.950. The summed E-state index contributed by atoms with van der Waals surface area (Å²) < 4.78 is 33.9. The van der Waals surface area contributed by atoms with E-state index in [1.807, 2.05) is 33.8 Å². The first kappa shape index (κ1) is 18.4. The zero-order chi connectivity index (χ0) is 17.3. The fourth-order valence-electron chi connectivity index (χ4n) is 3.36. The van der Waals surface area contributed by atoms with Crippen molar-refractivity contribution in [3.05, 3.63) is 28.3 Å². The molecule has 0 bridgehead atoms. The van der Waals surface area contributed by atoms with Gasteiger partial charge in [0, 0.05) is 13.7 Å². The highest BCUT2D eigenvalue weighted by Gasteiger charge is 2.35. The average Bonchev–Trinajstić information content (AvgIpc) is 2.93. The highest BCUT2D eigenvalue weighted by Crippen LogP contribution is 2.27. The smallest absolute Gasteiger partial charge is 0.241 e. The van der Waals surface area contributed by atoms with Crippen LogP contribution in [0.3, 0.4) is 0 Å². The Morgan fingerprint density at radius 3 is 2.30 bits per heavy atom. The molecule has 1 aromatic rings. The molecule has 0 spiro atoms. The molecule has 1 aromatic carbocycles. The summed E-state index contributed by atoms with van der Waals surface area (Å²) >= 11 is 0. The molecule has 1 aliphatic heterocycles. The molecular weight excluding hydrogens is 312 g/mol. The lowest BCUT2D eigenvalue weighted by molar-refractivity contribution is 0.122. The number of aryl methyl sites for hydroxylation is 2. The van der Waals surface area contributed by atoms with Crippen LogP contribution in [0.1, 0.15) is 35.1 Å². The Labute approximate surface area is 139 Å². The van der Waals surface area contributed by atoms with Gasteiger partial charge in [0.1, 0.15) is 0 Å². The number of nitrogens with one attached hydrogen (secondary N) is 2. The minimum atomic E-state index is -3.56. The summed E-state index contributed by atoms with van der Waals surface area (Å²) in [7, 11) is -1.91. The molecule has 23 heavy (non-hydrogen) atoms. The molecule has 0 amide bonds. The number of hydrogen-bond acceptors (Lipinski definition) is 4. The maximum Gasteiger partial charge on any atom is 0.241 e. The summed E-state index contributed by atoms with van der Waals surface area (Å²) in [6, 6.07) is 2.04. The van der Waals surface area contributed by atoms with Crippen LogP contribution in [0.25, 0.3) is 0 Å². The van der Waals surface area contributed by atoms with Gasteiger partial charge in [-0.15, -0.1) is 0 Å². The van der Waals surface area contributed by atoms with Crippen LogP contribution in [-0.4, -0.2) is 40.8 Å². The lowest BCUT2D eigenvalue weighted by Gasteiger charge is -2.29. The number of rotatable bonds is 6. The third-order valence-corrected chi connectivity index (χ3v) is 6.59. The summed E-state index contributed by atoms with van der Waals surface area (Å²) in [6.07, 6.45) is 1.95. The van der Waals surface area contributed by atoms with Gasteiger partial charge in [0.15, 0.2) is 0 Å². The second kappa shape index (κ2) is 6.89. The highest BCUT2D eigenvalue weighted by molar-refractivity contribution is 7.89. The largest absolute Gasteiger partial charge is 0.383 e. The van der Waals surface area contributed by atoms with E-state index in [0.717, 1.165) is 41.6 Å². The van der Waals surface area contributed by atoms with Crippen LogP contribution in [0.4, 0.5) is 0 Å². The van der Waals surface area contributed by atoms with Crippen molar-refractivity contribution in [2.75, 3.05) is 26.8 Å². The molecule has 2 N–H and O–H groups in total. The molecule has 130 valence electrons. The van der Waals surface area contributed by atoms with Crippen LogP contribution < -0.4 is 10.0 Å². The van der Waals surface area contributed by atoms with Crippen molar-refractivity contribution in [3.63, 3.8) is 0 Å². The molecule has 2 rings (SSSR count). The Morgan fingerprint density at radius 1 is 1.22 bits per heavy atom. The second-order valence-corrected chi connectivity index (χ2v) is 8.36. The SMILES string of the molecule is COCC1(CNS(=O)(=O)c2c(C)c(C)cc(C)c2C)CCCN1. The predicted molar refractivity (Wildman–Crippen MR) is 92.4 cm³/mol. The second-order valence-electron chi connectivity index (χ2n) is 6.66. The topological polar surface area (TPSA) is 67.4 Å². The van der Waals surface area contributed by atoms with E-state index in [0.29, 0.717) is 18.0 Å². The minimum absolute atomic E-state index is 0.303. The number of ether oxygens (including phenoxy) is 1. The van der Waals surface area contributed by atoms with E-state index in [4.69, 9.17) is 4.74 Å². The van der Waals surface area contributed by atoms with Crippen LogP contribution >= 0.6 is 0 Å². The van der Waals surface area contributed by atoms with Gasteiger partial charge in [-0.05, 0) is 69.3 Å². The molecule has 1 heterocycles. The number of methoxy groups -OCH3 is 1. The molecule has 0 saturated carbocycles. The Bertz CT molecular complexity index is 651. The van der Waals surface area contributed by atoms with Crippen molar-refractivity contribution in [2.45, 2.75) is 51.0 Å². The monoisotopic (exact) mass is 340 g/mol. The molecule has 1 saturated heterocycles. The zero-order valence-corrected chi connectivity index (χ0v) is 15.6. The van der Waals surface area contributed by atoms with Gasteiger partial charge in [-0.25, -0.2) is 13.1 Å². The van der Waals surface area contributed by atoms with E-state index in [-0.39, 0.29) is 5.54 Å². The van der Waals surface area contributed by atoms with Crippen LogP contribution in [0.2, 0.25) is 0 Å². The van der Waals surface area contributed by atoms with Crippen LogP contribution in [0.5, 0.6) is 0 Å². The van der Waals surface area contributed by atoms with Gasteiger partial charge in [-0.3, -0.25) is 0 Å². The first-order valence-electron chi connectivity index (χ1n) is 8.03. The fourth-order valence-corrected chi connectivity index (χ4v) is 5.10. The van der Waals surface area contributed by atoms with Crippen LogP contribution in [-0.2, 0) is 14.8 Å². The fraction of sp³-hybridized carbons (Fsp3) is 0.647. The quantitative estimate of drug-likeness (QED) is 0.831. The van der Waals surface area contributed by atoms with E-state index >= 15 is 0 Å². The van der Waals surface area contributed by atoms with Crippen molar-refractivity contribution >= 4 is 10.0 Å². The van der Waals surface area contributed by atoms with E-state index in [2.05, 4.69) is 10.0 Å². The summed E-state index contributed by atoms with van der Waals surface area (Å²) in [4.78, 5) is 0.417. The molecular formula is C17H28N2O3S. The average molecular weight is 340 g/mol. The maximum absolute atomic E-state index is 12.9. The van der Waals surface area contributed by atoms with Crippen molar-refractivity contribution in [1.82, 2.24) is 10.0 Å². The van der Waals surface area contributed by atoms with Gasteiger partial charge in [0.05, 0.1) is 17.0 Å². The van der Waals surface area contributed by atoms with Gasteiger partial charge >= 0.3 is 0 Å². The summed E-state index contributed by atoms with van der Waals surface area (Å²) in [5.74, 6) is 0. The lowest BCUT2D eigenvalue weighted by Crippen LogP contribution is -2.53. The Morgan fingerprint density at radius 2 is 1.83 bits per heavy atom. The van der Waals surface area contributed by atoms with Gasteiger partial charge < -0.3 is 10.1 Å². The molecule has 0 radical (unpaired) electrons. The minimum Gasteiger partial charge on any atom is -0.383 e. The molecule has 1 aliphatic rings.